The second-order valence-corrected chi connectivity index (χ2v) is 5.86. The lowest BCUT2D eigenvalue weighted by Gasteiger charge is -2.10. The molecule has 3 rings (SSSR count). The number of benzene rings is 2. The minimum atomic E-state index is -0.655. The zero-order valence-corrected chi connectivity index (χ0v) is 14.8. The Balaban J connectivity index is 1.67. The molecule has 0 unspecified atom stereocenters. The molecule has 0 fully saturated rings. The fourth-order valence-corrected chi connectivity index (χ4v) is 2.50. The maximum atomic E-state index is 13.0. The van der Waals surface area contributed by atoms with Gasteiger partial charge in [0.2, 0.25) is 0 Å². The number of carbonyl (C=O) groups is 2. The molecule has 138 valence electrons. The van der Waals surface area contributed by atoms with E-state index < -0.39 is 11.8 Å². The van der Waals surface area contributed by atoms with E-state index in [1.165, 1.54) is 43.5 Å². The van der Waals surface area contributed by atoms with Crippen LogP contribution in [0.2, 0.25) is 5.02 Å². The third-order valence-corrected chi connectivity index (χ3v) is 3.89. The quantitative estimate of drug-likeness (QED) is 0.666. The largest absolute Gasteiger partial charge is 0.496 e. The first-order valence-corrected chi connectivity index (χ1v) is 8.15. The van der Waals surface area contributed by atoms with E-state index in [0.29, 0.717) is 22.1 Å². The minimum absolute atomic E-state index is 0.0207. The van der Waals surface area contributed by atoms with Crippen LogP contribution in [0.5, 0.6) is 5.75 Å². The van der Waals surface area contributed by atoms with Gasteiger partial charge >= 0.3 is 5.91 Å². The van der Waals surface area contributed by atoms with Crippen molar-refractivity contribution in [3.05, 3.63) is 76.8 Å². The number of hydrazine groups is 1. The van der Waals surface area contributed by atoms with Gasteiger partial charge in [-0.05, 0) is 54.6 Å². The first kappa shape index (κ1) is 18.5. The Kier molecular flexibility index (Phi) is 5.42. The van der Waals surface area contributed by atoms with Crippen LogP contribution in [0.3, 0.4) is 0 Å². The predicted octanol–water partition coefficient (Wildman–Crippen LogP) is 3.82. The number of methoxy groups -OCH3 is 1. The van der Waals surface area contributed by atoms with Crippen LogP contribution in [0.25, 0.3) is 11.3 Å². The molecule has 2 amide bonds. The van der Waals surface area contributed by atoms with Crippen LogP contribution in [0.4, 0.5) is 4.39 Å². The fraction of sp³-hybridized carbons (Fsp3) is 0.0526. The molecular weight excluding hydrogens is 375 g/mol. The first-order chi connectivity index (χ1) is 13.0. The maximum absolute atomic E-state index is 13.0. The molecule has 27 heavy (non-hydrogen) atoms. The van der Waals surface area contributed by atoms with Crippen LogP contribution >= 0.6 is 11.6 Å². The van der Waals surface area contributed by atoms with Crippen LogP contribution in [-0.4, -0.2) is 18.9 Å². The Labute approximate surface area is 158 Å². The smallest absolute Gasteiger partial charge is 0.305 e. The summed E-state index contributed by atoms with van der Waals surface area (Å²) in [6, 6.07) is 13.2. The summed E-state index contributed by atoms with van der Waals surface area (Å²) in [5.74, 6) is -0.952. The number of amides is 2. The van der Waals surface area contributed by atoms with E-state index in [9.17, 15) is 14.0 Å². The van der Waals surface area contributed by atoms with Crippen molar-refractivity contribution in [3.63, 3.8) is 0 Å². The molecular formula is C19H14ClFN2O4. The molecule has 2 aromatic carbocycles. The monoisotopic (exact) mass is 388 g/mol. The van der Waals surface area contributed by atoms with E-state index in [2.05, 4.69) is 10.9 Å². The highest BCUT2D eigenvalue weighted by molar-refractivity contribution is 6.31. The molecule has 8 heteroatoms. The number of carbonyl (C=O) groups excluding carboxylic acids is 2. The Morgan fingerprint density at radius 1 is 1.00 bits per heavy atom. The number of hydrogen-bond donors (Lipinski definition) is 2. The van der Waals surface area contributed by atoms with Crippen molar-refractivity contribution in [2.45, 2.75) is 0 Å². The van der Waals surface area contributed by atoms with E-state index >= 15 is 0 Å². The number of halogens is 2. The van der Waals surface area contributed by atoms with Crippen LogP contribution in [0.15, 0.2) is 59.0 Å². The normalized spacial score (nSPS) is 10.3. The fourth-order valence-electron chi connectivity index (χ4n) is 2.33. The molecule has 0 saturated heterocycles. The zero-order valence-electron chi connectivity index (χ0n) is 14.1. The molecule has 0 spiro atoms. The van der Waals surface area contributed by atoms with Crippen LogP contribution in [0, 0.1) is 5.82 Å². The van der Waals surface area contributed by atoms with Gasteiger partial charge in [0.05, 0.1) is 12.7 Å². The summed E-state index contributed by atoms with van der Waals surface area (Å²) < 4.78 is 23.5. The molecule has 0 radical (unpaired) electrons. The van der Waals surface area contributed by atoms with Crippen molar-refractivity contribution < 1.29 is 23.1 Å². The molecule has 0 aliphatic heterocycles. The molecule has 1 heterocycles. The molecule has 6 nitrogen and oxygen atoms in total. The van der Waals surface area contributed by atoms with Gasteiger partial charge in [-0.25, -0.2) is 4.39 Å². The lowest BCUT2D eigenvalue weighted by Crippen LogP contribution is -2.41. The van der Waals surface area contributed by atoms with Gasteiger partial charge < -0.3 is 9.15 Å². The minimum Gasteiger partial charge on any atom is -0.496 e. The summed E-state index contributed by atoms with van der Waals surface area (Å²) in [6.45, 7) is 0. The summed E-state index contributed by atoms with van der Waals surface area (Å²) in [5, 5.41) is 0.349. The van der Waals surface area contributed by atoms with Crippen molar-refractivity contribution in [2.24, 2.45) is 0 Å². The van der Waals surface area contributed by atoms with Crippen LogP contribution in [0.1, 0.15) is 20.9 Å². The SMILES string of the molecule is COc1ccc(Cl)cc1C(=O)NNC(=O)c1ccc(-c2ccc(F)cc2)o1. The Morgan fingerprint density at radius 3 is 2.41 bits per heavy atom. The average Bonchev–Trinajstić information content (AvgIpc) is 3.16. The number of hydrogen-bond acceptors (Lipinski definition) is 4. The van der Waals surface area contributed by atoms with Gasteiger partial charge in [-0.3, -0.25) is 20.4 Å². The van der Waals surface area contributed by atoms with Gasteiger partial charge in [0.1, 0.15) is 17.3 Å². The van der Waals surface area contributed by atoms with Gasteiger partial charge in [-0.15, -0.1) is 0 Å². The molecule has 0 bridgehead atoms. The van der Waals surface area contributed by atoms with E-state index in [1.54, 1.807) is 18.2 Å². The van der Waals surface area contributed by atoms with E-state index in [4.69, 9.17) is 20.8 Å². The summed E-state index contributed by atoms with van der Waals surface area (Å²) in [6.07, 6.45) is 0. The Hall–Kier alpha value is -3.32. The topological polar surface area (TPSA) is 80.6 Å². The summed E-state index contributed by atoms with van der Waals surface area (Å²) in [4.78, 5) is 24.4. The summed E-state index contributed by atoms with van der Waals surface area (Å²) >= 11 is 5.89. The number of furan rings is 1. The van der Waals surface area contributed by atoms with Crippen molar-refractivity contribution in [2.75, 3.05) is 7.11 Å². The molecule has 0 aliphatic rings. The zero-order chi connectivity index (χ0) is 19.4. The second-order valence-electron chi connectivity index (χ2n) is 5.42. The summed E-state index contributed by atoms with van der Waals surface area (Å²) in [7, 11) is 1.42. The molecule has 3 aromatic rings. The van der Waals surface area contributed by atoms with Gasteiger partial charge in [0.25, 0.3) is 5.91 Å². The second kappa shape index (κ2) is 7.92. The van der Waals surface area contributed by atoms with Gasteiger partial charge in [0.15, 0.2) is 5.76 Å². The third kappa shape index (κ3) is 4.27. The molecule has 1 aromatic heterocycles. The van der Waals surface area contributed by atoms with Crippen molar-refractivity contribution in [1.29, 1.82) is 0 Å². The number of ether oxygens (including phenoxy) is 1. The third-order valence-electron chi connectivity index (χ3n) is 3.65. The molecule has 0 saturated carbocycles. The highest BCUT2D eigenvalue weighted by atomic mass is 35.5. The Bertz CT molecular complexity index is 986. The average molecular weight is 389 g/mol. The number of rotatable bonds is 4. The molecule has 0 aliphatic carbocycles. The van der Waals surface area contributed by atoms with Crippen molar-refractivity contribution in [3.8, 4) is 17.1 Å². The van der Waals surface area contributed by atoms with E-state index in [-0.39, 0.29) is 17.1 Å². The Morgan fingerprint density at radius 2 is 1.70 bits per heavy atom. The van der Waals surface area contributed by atoms with E-state index in [1.807, 2.05) is 0 Å². The van der Waals surface area contributed by atoms with Crippen LogP contribution < -0.4 is 15.6 Å². The summed E-state index contributed by atoms with van der Waals surface area (Å²) in [5.41, 5.74) is 5.30. The molecule has 0 atom stereocenters. The highest BCUT2D eigenvalue weighted by Crippen LogP contribution is 2.23. The molecule has 2 N–H and O–H groups in total. The predicted molar refractivity (Wildman–Crippen MR) is 97.0 cm³/mol. The lowest BCUT2D eigenvalue weighted by atomic mass is 10.2. The van der Waals surface area contributed by atoms with Gasteiger partial charge in [-0.1, -0.05) is 11.6 Å². The lowest BCUT2D eigenvalue weighted by molar-refractivity contribution is 0.0830. The standard InChI is InChI=1S/C19H14ClFN2O4/c1-26-16-7-4-12(20)10-14(16)18(24)22-23-19(25)17-9-8-15(27-17)11-2-5-13(21)6-3-11/h2-10H,1H3,(H,22,24)(H,23,25). The first-order valence-electron chi connectivity index (χ1n) is 7.78. The van der Waals surface area contributed by atoms with E-state index in [0.717, 1.165) is 0 Å². The van der Waals surface area contributed by atoms with Crippen molar-refractivity contribution >= 4 is 23.4 Å². The number of nitrogens with one attached hydrogen (secondary N) is 2. The van der Waals surface area contributed by atoms with Gasteiger partial charge in [0, 0.05) is 10.6 Å². The van der Waals surface area contributed by atoms with Crippen LogP contribution in [-0.2, 0) is 0 Å². The van der Waals surface area contributed by atoms with Gasteiger partial charge in [-0.2, -0.15) is 0 Å². The van der Waals surface area contributed by atoms with Crippen molar-refractivity contribution in [1.82, 2.24) is 10.9 Å². The maximum Gasteiger partial charge on any atom is 0.305 e. The highest BCUT2D eigenvalue weighted by Gasteiger charge is 2.16.